The Labute approximate surface area is 152 Å². The van der Waals surface area contributed by atoms with Crippen molar-refractivity contribution in [3.63, 3.8) is 0 Å². The third-order valence-corrected chi connectivity index (χ3v) is 4.65. The fourth-order valence-electron chi connectivity index (χ4n) is 3.17. The SMILES string of the molecule is COC(=O)c1cc2c(nc1C)CCN(C(=O)CCc1cncnc1)CC2. The molecule has 7 nitrogen and oxygen atoms in total. The van der Waals surface area contributed by atoms with Gasteiger partial charge in [-0.15, -0.1) is 0 Å². The smallest absolute Gasteiger partial charge is 0.339 e. The van der Waals surface area contributed by atoms with Gasteiger partial charge in [0, 0.05) is 44.0 Å². The molecule has 0 unspecified atom stereocenters. The fraction of sp³-hybridized carbons (Fsp3) is 0.421. The molecule has 136 valence electrons. The van der Waals surface area contributed by atoms with E-state index in [1.165, 1.54) is 13.4 Å². The first-order chi connectivity index (χ1) is 12.6. The number of aryl methyl sites for hydroxylation is 2. The summed E-state index contributed by atoms with van der Waals surface area (Å²) in [5.41, 5.74) is 4.10. The minimum Gasteiger partial charge on any atom is -0.465 e. The summed E-state index contributed by atoms with van der Waals surface area (Å²) in [4.78, 5) is 38.8. The van der Waals surface area contributed by atoms with Crippen LogP contribution in [0.2, 0.25) is 0 Å². The number of hydrogen-bond donors (Lipinski definition) is 0. The summed E-state index contributed by atoms with van der Waals surface area (Å²) in [6, 6.07) is 1.86. The summed E-state index contributed by atoms with van der Waals surface area (Å²) in [5, 5.41) is 0. The molecule has 0 bridgehead atoms. The van der Waals surface area contributed by atoms with Gasteiger partial charge in [-0.25, -0.2) is 14.8 Å². The lowest BCUT2D eigenvalue weighted by atomic mass is 10.0. The number of ether oxygens (including phenoxy) is 1. The summed E-state index contributed by atoms with van der Waals surface area (Å²) < 4.78 is 4.82. The topological polar surface area (TPSA) is 85.3 Å². The van der Waals surface area contributed by atoms with E-state index in [2.05, 4.69) is 15.0 Å². The third-order valence-electron chi connectivity index (χ3n) is 4.65. The van der Waals surface area contributed by atoms with Gasteiger partial charge in [-0.05, 0) is 37.0 Å². The van der Waals surface area contributed by atoms with Crippen molar-refractivity contribution in [3.05, 3.63) is 52.9 Å². The molecule has 2 aromatic heterocycles. The van der Waals surface area contributed by atoms with Crippen LogP contribution >= 0.6 is 0 Å². The van der Waals surface area contributed by atoms with Gasteiger partial charge in [-0.1, -0.05) is 0 Å². The highest BCUT2D eigenvalue weighted by molar-refractivity contribution is 5.90. The van der Waals surface area contributed by atoms with Crippen molar-refractivity contribution in [1.82, 2.24) is 19.9 Å². The van der Waals surface area contributed by atoms with E-state index in [0.717, 1.165) is 16.8 Å². The standard InChI is InChI=1S/C19H22N4O3/c1-13-16(19(25)26-2)9-15-5-7-23(8-6-17(15)22-13)18(24)4-3-14-10-20-12-21-11-14/h9-12H,3-8H2,1-2H3. The van der Waals surface area contributed by atoms with E-state index in [-0.39, 0.29) is 11.9 Å². The maximum absolute atomic E-state index is 12.6. The molecular formula is C19H22N4O3. The van der Waals surface area contributed by atoms with Crippen molar-refractivity contribution in [1.29, 1.82) is 0 Å². The van der Waals surface area contributed by atoms with Gasteiger partial charge in [0.1, 0.15) is 6.33 Å². The van der Waals surface area contributed by atoms with E-state index in [0.29, 0.717) is 50.0 Å². The van der Waals surface area contributed by atoms with Crippen molar-refractivity contribution in [2.75, 3.05) is 20.2 Å². The fourth-order valence-corrected chi connectivity index (χ4v) is 3.17. The molecule has 0 fully saturated rings. The molecule has 0 aromatic carbocycles. The molecule has 1 aliphatic heterocycles. The Hall–Kier alpha value is -2.83. The first-order valence-corrected chi connectivity index (χ1v) is 8.68. The molecule has 1 aliphatic rings. The molecule has 0 atom stereocenters. The van der Waals surface area contributed by atoms with Crippen LogP contribution in [0, 0.1) is 6.92 Å². The molecule has 0 spiro atoms. The average Bonchev–Trinajstić information content (AvgIpc) is 2.88. The maximum atomic E-state index is 12.6. The lowest BCUT2D eigenvalue weighted by Gasteiger charge is -2.20. The van der Waals surface area contributed by atoms with Gasteiger partial charge >= 0.3 is 5.97 Å². The molecule has 1 amide bonds. The predicted octanol–water partition coefficient (Wildman–Crippen LogP) is 1.53. The number of methoxy groups -OCH3 is 1. The summed E-state index contributed by atoms with van der Waals surface area (Å²) >= 11 is 0. The van der Waals surface area contributed by atoms with Crippen LogP contribution in [0.3, 0.4) is 0 Å². The predicted molar refractivity (Wildman–Crippen MR) is 94.7 cm³/mol. The Morgan fingerprint density at radius 1 is 1.19 bits per heavy atom. The summed E-state index contributed by atoms with van der Waals surface area (Å²) in [6.45, 7) is 3.08. The molecule has 0 radical (unpaired) electrons. The van der Waals surface area contributed by atoms with Crippen LogP contribution in [0.1, 0.15) is 39.3 Å². The first kappa shape index (κ1) is 18.0. The van der Waals surface area contributed by atoms with Crippen molar-refractivity contribution >= 4 is 11.9 Å². The third kappa shape index (κ3) is 4.04. The highest BCUT2D eigenvalue weighted by Crippen LogP contribution is 2.19. The van der Waals surface area contributed by atoms with Gasteiger partial charge in [0.15, 0.2) is 0 Å². The van der Waals surface area contributed by atoms with Gasteiger partial charge in [0.2, 0.25) is 5.91 Å². The Morgan fingerprint density at radius 2 is 1.92 bits per heavy atom. The molecule has 7 heteroatoms. The van der Waals surface area contributed by atoms with Crippen LogP contribution in [0.15, 0.2) is 24.8 Å². The normalized spacial score (nSPS) is 13.7. The number of pyridine rings is 1. The highest BCUT2D eigenvalue weighted by Gasteiger charge is 2.21. The van der Waals surface area contributed by atoms with E-state index >= 15 is 0 Å². The monoisotopic (exact) mass is 354 g/mol. The van der Waals surface area contributed by atoms with Crippen LogP contribution < -0.4 is 0 Å². The minimum absolute atomic E-state index is 0.117. The highest BCUT2D eigenvalue weighted by atomic mass is 16.5. The van der Waals surface area contributed by atoms with E-state index in [9.17, 15) is 9.59 Å². The maximum Gasteiger partial charge on any atom is 0.339 e. The number of fused-ring (bicyclic) bond motifs is 1. The number of rotatable bonds is 4. The molecule has 0 aliphatic carbocycles. The first-order valence-electron chi connectivity index (χ1n) is 8.68. The van der Waals surface area contributed by atoms with Crippen LogP contribution in [-0.4, -0.2) is 51.9 Å². The largest absolute Gasteiger partial charge is 0.465 e. The van der Waals surface area contributed by atoms with E-state index in [1.54, 1.807) is 12.4 Å². The van der Waals surface area contributed by atoms with Crippen LogP contribution in [0.5, 0.6) is 0 Å². The van der Waals surface area contributed by atoms with Gasteiger partial charge in [-0.2, -0.15) is 0 Å². The minimum atomic E-state index is -0.375. The van der Waals surface area contributed by atoms with Crippen molar-refractivity contribution < 1.29 is 14.3 Å². The van der Waals surface area contributed by atoms with Crippen molar-refractivity contribution in [2.45, 2.75) is 32.6 Å². The van der Waals surface area contributed by atoms with Crippen molar-refractivity contribution in [3.8, 4) is 0 Å². The molecule has 3 heterocycles. The number of amides is 1. The van der Waals surface area contributed by atoms with Gasteiger partial charge in [0.05, 0.1) is 18.4 Å². The second kappa shape index (κ2) is 8.03. The van der Waals surface area contributed by atoms with Gasteiger partial charge in [0.25, 0.3) is 0 Å². The number of nitrogens with zero attached hydrogens (tertiary/aromatic N) is 4. The molecule has 26 heavy (non-hydrogen) atoms. The van der Waals surface area contributed by atoms with Crippen LogP contribution in [0.25, 0.3) is 0 Å². The van der Waals surface area contributed by atoms with Gasteiger partial charge in [-0.3, -0.25) is 9.78 Å². The average molecular weight is 354 g/mol. The Kier molecular flexibility index (Phi) is 5.55. The summed E-state index contributed by atoms with van der Waals surface area (Å²) in [5.74, 6) is -0.258. The number of carbonyl (C=O) groups excluding carboxylic acids is 2. The van der Waals surface area contributed by atoms with Crippen LogP contribution in [-0.2, 0) is 28.8 Å². The second-order valence-electron chi connectivity index (χ2n) is 6.35. The number of aromatic nitrogens is 3. The zero-order valence-electron chi connectivity index (χ0n) is 15.1. The molecular weight excluding hydrogens is 332 g/mol. The number of hydrogen-bond acceptors (Lipinski definition) is 6. The quantitative estimate of drug-likeness (QED) is 0.774. The summed E-state index contributed by atoms with van der Waals surface area (Å²) in [7, 11) is 1.37. The Bertz CT molecular complexity index is 808. The zero-order valence-corrected chi connectivity index (χ0v) is 15.1. The van der Waals surface area contributed by atoms with E-state index < -0.39 is 0 Å². The lowest BCUT2D eigenvalue weighted by molar-refractivity contribution is -0.131. The van der Waals surface area contributed by atoms with Gasteiger partial charge < -0.3 is 9.64 Å². The van der Waals surface area contributed by atoms with E-state index in [1.807, 2.05) is 17.9 Å². The number of esters is 1. The van der Waals surface area contributed by atoms with Crippen molar-refractivity contribution in [2.24, 2.45) is 0 Å². The molecule has 0 N–H and O–H groups in total. The van der Waals surface area contributed by atoms with Crippen LogP contribution in [0.4, 0.5) is 0 Å². The second-order valence-corrected chi connectivity index (χ2v) is 6.35. The Morgan fingerprint density at radius 3 is 2.65 bits per heavy atom. The zero-order chi connectivity index (χ0) is 18.5. The van der Waals surface area contributed by atoms with E-state index in [4.69, 9.17) is 4.74 Å². The Balaban J connectivity index is 1.65. The molecule has 0 saturated carbocycles. The lowest BCUT2D eigenvalue weighted by Crippen LogP contribution is -2.33. The summed E-state index contributed by atoms with van der Waals surface area (Å²) in [6.07, 6.45) is 7.40. The molecule has 0 saturated heterocycles. The molecule has 3 rings (SSSR count). The number of carbonyl (C=O) groups is 2. The molecule has 2 aromatic rings.